The summed E-state index contributed by atoms with van der Waals surface area (Å²) in [6.07, 6.45) is 2.40. The van der Waals surface area contributed by atoms with Crippen LogP contribution in [0.5, 0.6) is 0 Å². The van der Waals surface area contributed by atoms with Gasteiger partial charge in [-0.2, -0.15) is 0 Å². The van der Waals surface area contributed by atoms with Gasteiger partial charge in [0.05, 0.1) is 18.6 Å². The van der Waals surface area contributed by atoms with E-state index < -0.39 is 18.0 Å². The Morgan fingerprint density at radius 1 is 1.00 bits per heavy atom. The summed E-state index contributed by atoms with van der Waals surface area (Å²) in [5.74, 6) is -0.600. The molecule has 0 bridgehead atoms. The second-order valence-electron chi connectivity index (χ2n) is 8.85. The van der Waals surface area contributed by atoms with Gasteiger partial charge < -0.3 is 4.90 Å². The fourth-order valence-corrected chi connectivity index (χ4v) is 4.48. The maximum absolute atomic E-state index is 13.8. The van der Waals surface area contributed by atoms with E-state index in [-0.39, 0.29) is 5.91 Å². The Morgan fingerprint density at radius 2 is 1.71 bits per heavy atom. The van der Waals surface area contributed by atoms with Gasteiger partial charge in [-0.05, 0) is 55.4 Å². The lowest BCUT2D eigenvalue weighted by Gasteiger charge is -2.28. The predicted molar refractivity (Wildman–Crippen MR) is 133 cm³/mol. The lowest BCUT2D eigenvalue weighted by Crippen LogP contribution is -2.53. The number of rotatable bonds is 8. The molecule has 2 amide bonds. The van der Waals surface area contributed by atoms with Crippen molar-refractivity contribution in [1.29, 1.82) is 0 Å². The molecule has 0 aliphatic carbocycles. The first kappa shape index (κ1) is 23.7. The monoisotopic (exact) mass is 457 g/mol. The lowest BCUT2D eigenvalue weighted by atomic mass is 10.0. The summed E-state index contributed by atoms with van der Waals surface area (Å²) in [5, 5.41) is 12.6. The number of hydrogen-bond donors (Lipinski definition) is 3. The van der Waals surface area contributed by atoms with E-state index in [1.165, 1.54) is 5.56 Å². The smallest absolute Gasteiger partial charge is 0.260 e. The molecule has 6 heteroatoms. The fraction of sp³-hybridized carbons (Fsp3) is 0.286. The van der Waals surface area contributed by atoms with Crippen LogP contribution in [-0.2, 0) is 29.0 Å². The Hall–Kier alpha value is -3.48. The minimum Gasteiger partial charge on any atom is -0.306 e. The number of benzene rings is 3. The Bertz CT molecular complexity index is 1120. The molecule has 3 aromatic rings. The molecule has 4 rings (SSSR count). The van der Waals surface area contributed by atoms with E-state index in [4.69, 9.17) is 0 Å². The molecular formula is C28H31N3O3. The summed E-state index contributed by atoms with van der Waals surface area (Å²) in [4.78, 5) is 28.1. The molecule has 0 radical (unpaired) electrons. The summed E-state index contributed by atoms with van der Waals surface area (Å²) in [6.45, 7) is 2.49. The first-order valence-electron chi connectivity index (χ1n) is 11.7. The van der Waals surface area contributed by atoms with E-state index in [1.54, 1.807) is 5.48 Å². The SMILES string of the molecule is Cc1ccc(CN2C(=O)[C@@H](N[C@@H](CCc3ccccc3)C(=O)NO)CCc3ccccc32)cc1. The number of nitrogens with one attached hydrogen (secondary N) is 2. The summed E-state index contributed by atoms with van der Waals surface area (Å²) < 4.78 is 0. The molecule has 0 saturated heterocycles. The van der Waals surface area contributed by atoms with Gasteiger partial charge in [0.1, 0.15) is 0 Å². The van der Waals surface area contributed by atoms with Gasteiger partial charge in [-0.25, -0.2) is 5.48 Å². The minimum absolute atomic E-state index is 0.0685. The van der Waals surface area contributed by atoms with Crippen molar-refractivity contribution in [2.45, 2.75) is 51.2 Å². The fourth-order valence-electron chi connectivity index (χ4n) is 4.48. The first-order chi connectivity index (χ1) is 16.5. The average Bonchev–Trinajstić information content (AvgIpc) is 3.00. The highest BCUT2D eigenvalue weighted by Crippen LogP contribution is 2.29. The standard InChI is InChI=1S/C28H31N3O3/c1-20-11-13-22(14-12-20)19-31-26-10-6-5-9-23(26)16-18-25(28(31)33)29-24(27(32)30-34)17-15-21-7-3-2-4-8-21/h2-14,24-25,29,34H,15-19H2,1H3,(H,30,32)/t24-,25-/m0/s1. The minimum atomic E-state index is -0.693. The third-order valence-electron chi connectivity index (χ3n) is 6.40. The Balaban J connectivity index is 1.56. The highest BCUT2D eigenvalue weighted by atomic mass is 16.5. The lowest BCUT2D eigenvalue weighted by molar-refractivity contribution is -0.132. The van der Waals surface area contributed by atoms with Crippen molar-refractivity contribution in [3.05, 3.63) is 101 Å². The topological polar surface area (TPSA) is 81.7 Å². The van der Waals surface area contributed by atoms with Gasteiger partial charge in [0, 0.05) is 5.69 Å². The molecule has 2 atom stereocenters. The number of anilines is 1. The number of hydrogen-bond acceptors (Lipinski definition) is 4. The quantitative estimate of drug-likeness (QED) is 0.354. The first-order valence-corrected chi connectivity index (χ1v) is 11.7. The number of aryl methyl sites for hydroxylation is 3. The van der Waals surface area contributed by atoms with Gasteiger partial charge in [0.15, 0.2) is 0 Å². The Morgan fingerprint density at radius 3 is 2.44 bits per heavy atom. The van der Waals surface area contributed by atoms with E-state index >= 15 is 0 Å². The van der Waals surface area contributed by atoms with Crippen LogP contribution < -0.4 is 15.7 Å². The van der Waals surface area contributed by atoms with Gasteiger partial charge in [0.25, 0.3) is 5.91 Å². The van der Waals surface area contributed by atoms with Crippen LogP contribution in [0.25, 0.3) is 0 Å². The number of fused-ring (bicyclic) bond motifs is 1. The van der Waals surface area contributed by atoms with Gasteiger partial charge >= 0.3 is 0 Å². The zero-order valence-corrected chi connectivity index (χ0v) is 19.4. The van der Waals surface area contributed by atoms with Crippen LogP contribution >= 0.6 is 0 Å². The van der Waals surface area contributed by atoms with Crippen molar-refractivity contribution in [2.75, 3.05) is 4.90 Å². The average molecular weight is 458 g/mol. The van der Waals surface area contributed by atoms with Crippen LogP contribution in [0.15, 0.2) is 78.9 Å². The number of hydroxylamine groups is 1. The van der Waals surface area contributed by atoms with Gasteiger partial charge in [-0.1, -0.05) is 78.4 Å². The molecule has 0 spiro atoms. The van der Waals surface area contributed by atoms with Crippen LogP contribution in [0, 0.1) is 6.92 Å². The molecule has 0 fully saturated rings. The largest absolute Gasteiger partial charge is 0.306 e. The van der Waals surface area contributed by atoms with Crippen molar-refractivity contribution in [3.8, 4) is 0 Å². The molecule has 0 aromatic heterocycles. The van der Waals surface area contributed by atoms with Crippen LogP contribution in [0.2, 0.25) is 0 Å². The highest BCUT2D eigenvalue weighted by molar-refractivity contribution is 5.99. The van der Waals surface area contributed by atoms with E-state index in [1.807, 2.05) is 84.6 Å². The molecule has 0 unspecified atom stereocenters. The van der Waals surface area contributed by atoms with E-state index in [2.05, 4.69) is 11.4 Å². The summed E-state index contributed by atoms with van der Waals surface area (Å²) in [7, 11) is 0. The highest BCUT2D eigenvalue weighted by Gasteiger charge is 2.33. The molecule has 34 heavy (non-hydrogen) atoms. The van der Waals surface area contributed by atoms with Crippen molar-refractivity contribution in [1.82, 2.24) is 10.8 Å². The normalized spacial score (nSPS) is 16.5. The molecule has 3 aromatic carbocycles. The van der Waals surface area contributed by atoms with Crippen molar-refractivity contribution in [2.24, 2.45) is 0 Å². The van der Waals surface area contributed by atoms with Crippen molar-refractivity contribution in [3.63, 3.8) is 0 Å². The van der Waals surface area contributed by atoms with E-state index in [0.717, 1.165) is 28.8 Å². The zero-order chi connectivity index (χ0) is 23.9. The van der Waals surface area contributed by atoms with Crippen molar-refractivity contribution >= 4 is 17.5 Å². The van der Waals surface area contributed by atoms with E-state index in [9.17, 15) is 14.8 Å². The summed E-state index contributed by atoms with van der Waals surface area (Å²) in [6, 6.07) is 24.8. The number of carbonyl (C=O) groups is 2. The van der Waals surface area contributed by atoms with Crippen LogP contribution in [0.3, 0.4) is 0 Å². The molecule has 176 valence electrons. The van der Waals surface area contributed by atoms with Crippen LogP contribution in [0.4, 0.5) is 5.69 Å². The Kier molecular flexibility index (Phi) is 7.72. The number of amides is 2. The van der Waals surface area contributed by atoms with Gasteiger partial charge in [0.2, 0.25) is 5.91 Å². The number of para-hydroxylation sites is 1. The number of carbonyl (C=O) groups excluding carboxylic acids is 2. The summed E-state index contributed by atoms with van der Waals surface area (Å²) >= 11 is 0. The maximum atomic E-state index is 13.8. The maximum Gasteiger partial charge on any atom is 0.260 e. The zero-order valence-electron chi connectivity index (χ0n) is 19.4. The van der Waals surface area contributed by atoms with E-state index in [0.29, 0.717) is 25.8 Å². The molecule has 3 N–H and O–H groups in total. The molecular weight excluding hydrogens is 426 g/mol. The molecule has 1 aliphatic heterocycles. The van der Waals surface area contributed by atoms with Gasteiger partial charge in [-0.15, -0.1) is 0 Å². The van der Waals surface area contributed by atoms with Gasteiger partial charge in [-0.3, -0.25) is 20.1 Å². The third-order valence-corrected chi connectivity index (χ3v) is 6.40. The second kappa shape index (κ2) is 11.1. The second-order valence-corrected chi connectivity index (χ2v) is 8.85. The predicted octanol–water partition coefficient (Wildman–Crippen LogP) is 3.94. The van der Waals surface area contributed by atoms with Crippen molar-refractivity contribution < 1.29 is 14.8 Å². The molecule has 1 heterocycles. The molecule has 6 nitrogen and oxygen atoms in total. The molecule has 1 aliphatic rings. The number of nitrogens with zero attached hydrogens (tertiary/aromatic N) is 1. The Labute approximate surface area is 200 Å². The van der Waals surface area contributed by atoms with Crippen LogP contribution in [0.1, 0.15) is 35.1 Å². The summed E-state index contributed by atoms with van der Waals surface area (Å²) in [5.41, 5.74) is 7.10. The third kappa shape index (κ3) is 5.71. The van der Waals surface area contributed by atoms with Crippen LogP contribution in [-0.4, -0.2) is 29.1 Å². The molecule has 0 saturated carbocycles.